The molecule has 0 bridgehead atoms. The van der Waals surface area contributed by atoms with Crippen LogP contribution in [-0.2, 0) is 30.4 Å². The van der Waals surface area contributed by atoms with Gasteiger partial charge in [0.15, 0.2) is 0 Å². The lowest BCUT2D eigenvalue weighted by atomic mass is 10.0. The smallest absolute Gasteiger partial charge is 0.317 e. The van der Waals surface area contributed by atoms with E-state index in [1.165, 1.54) is 16.8 Å². The number of carboxylic acids is 5. The van der Waals surface area contributed by atoms with Crippen molar-refractivity contribution in [2.24, 2.45) is 0 Å². The Hall–Kier alpha value is -4.08. The summed E-state index contributed by atoms with van der Waals surface area (Å²) in [5, 5.41) is 49.0. The summed E-state index contributed by atoms with van der Waals surface area (Å²) in [5.41, 5.74) is 1.09. The van der Waals surface area contributed by atoms with Gasteiger partial charge in [0.25, 0.3) is 5.91 Å². The molecular formula is C27H40N4O11. The average Bonchev–Trinajstić information content (AvgIpc) is 2.88. The number of carbonyl (C=O) groups is 6. The summed E-state index contributed by atoms with van der Waals surface area (Å²) in [6, 6.07) is 5.44. The molecule has 15 heteroatoms. The lowest BCUT2D eigenvalue weighted by Crippen LogP contribution is -2.51. The van der Waals surface area contributed by atoms with Gasteiger partial charge in [-0.15, -0.1) is 0 Å². The zero-order chi connectivity index (χ0) is 31.8. The van der Waals surface area contributed by atoms with Crippen LogP contribution in [0.2, 0.25) is 0 Å². The maximum absolute atomic E-state index is 11.9. The van der Waals surface area contributed by atoms with Gasteiger partial charge in [-0.1, -0.05) is 18.6 Å². The van der Waals surface area contributed by atoms with Crippen LogP contribution in [0, 0.1) is 0 Å². The molecule has 0 aliphatic rings. The first-order valence-corrected chi connectivity index (χ1v) is 13.3. The predicted molar refractivity (Wildman–Crippen MR) is 148 cm³/mol. The molecule has 0 aliphatic heterocycles. The SMILES string of the molecule is CNC(=O)c1ccc(CC(CN(CC(=O)O)C(C)CCCCN(CC(=O)O)CC(=O)O)N(CC(=O)O)CC(=O)O)cc1. The fraction of sp³-hybridized carbons (Fsp3) is 0.556. The van der Waals surface area contributed by atoms with E-state index < -0.39 is 68.6 Å². The van der Waals surface area contributed by atoms with Gasteiger partial charge in [-0.25, -0.2) is 0 Å². The summed E-state index contributed by atoms with van der Waals surface area (Å²) in [4.78, 5) is 73.0. The number of nitrogens with one attached hydrogen (secondary N) is 1. The molecule has 2 atom stereocenters. The molecule has 0 fully saturated rings. The van der Waals surface area contributed by atoms with Crippen LogP contribution >= 0.6 is 0 Å². The van der Waals surface area contributed by atoms with Crippen molar-refractivity contribution in [1.29, 1.82) is 0 Å². The third-order valence-corrected chi connectivity index (χ3v) is 6.58. The minimum absolute atomic E-state index is 0.0232. The van der Waals surface area contributed by atoms with E-state index in [1.54, 1.807) is 36.1 Å². The van der Waals surface area contributed by atoms with Crippen LogP contribution in [0.3, 0.4) is 0 Å². The molecule has 0 saturated carbocycles. The fourth-order valence-corrected chi connectivity index (χ4v) is 4.58. The van der Waals surface area contributed by atoms with E-state index in [1.807, 2.05) is 0 Å². The van der Waals surface area contributed by atoms with Gasteiger partial charge in [-0.05, 0) is 50.4 Å². The molecule has 1 rings (SSSR count). The molecule has 0 radical (unpaired) electrons. The zero-order valence-corrected chi connectivity index (χ0v) is 23.8. The van der Waals surface area contributed by atoms with E-state index in [2.05, 4.69) is 5.32 Å². The highest BCUT2D eigenvalue weighted by Gasteiger charge is 2.28. The number of hydrogen-bond donors (Lipinski definition) is 6. The molecule has 0 heterocycles. The molecular weight excluding hydrogens is 556 g/mol. The molecule has 1 aromatic rings. The third-order valence-electron chi connectivity index (χ3n) is 6.58. The van der Waals surface area contributed by atoms with Crippen LogP contribution in [0.25, 0.3) is 0 Å². The highest BCUT2D eigenvalue weighted by molar-refractivity contribution is 5.93. The second-order valence-electron chi connectivity index (χ2n) is 9.99. The van der Waals surface area contributed by atoms with Crippen LogP contribution in [0.5, 0.6) is 0 Å². The van der Waals surface area contributed by atoms with Gasteiger partial charge >= 0.3 is 29.8 Å². The predicted octanol–water partition coefficient (Wildman–Crippen LogP) is -0.155. The van der Waals surface area contributed by atoms with Crippen LogP contribution in [0.4, 0.5) is 0 Å². The molecule has 0 spiro atoms. The van der Waals surface area contributed by atoms with Crippen molar-refractivity contribution in [3.05, 3.63) is 35.4 Å². The fourth-order valence-electron chi connectivity index (χ4n) is 4.58. The molecule has 0 aliphatic carbocycles. The van der Waals surface area contributed by atoms with Crippen molar-refractivity contribution in [2.75, 3.05) is 52.9 Å². The van der Waals surface area contributed by atoms with Crippen molar-refractivity contribution in [2.45, 2.75) is 44.7 Å². The number of rotatable bonds is 22. The van der Waals surface area contributed by atoms with Crippen LogP contribution in [-0.4, -0.2) is 141 Å². The molecule has 234 valence electrons. The number of unbranched alkanes of at least 4 members (excludes halogenated alkanes) is 1. The summed E-state index contributed by atoms with van der Waals surface area (Å²) in [7, 11) is 1.49. The highest BCUT2D eigenvalue weighted by atomic mass is 16.4. The van der Waals surface area contributed by atoms with E-state index in [4.69, 9.17) is 10.2 Å². The summed E-state index contributed by atoms with van der Waals surface area (Å²) < 4.78 is 0. The van der Waals surface area contributed by atoms with Crippen LogP contribution in [0.15, 0.2) is 24.3 Å². The lowest BCUT2D eigenvalue weighted by molar-refractivity contribution is -0.145. The Morgan fingerprint density at radius 1 is 0.714 bits per heavy atom. The Morgan fingerprint density at radius 2 is 1.19 bits per heavy atom. The quantitative estimate of drug-likeness (QED) is 0.0957. The monoisotopic (exact) mass is 596 g/mol. The van der Waals surface area contributed by atoms with Crippen LogP contribution < -0.4 is 5.32 Å². The van der Waals surface area contributed by atoms with Crippen molar-refractivity contribution in [1.82, 2.24) is 20.0 Å². The number of aliphatic carboxylic acids is 5. The third kappa shape index (κ3) is 14.5. The minimum atomic E-state index is -1.25. The number of amides is 1. The van der Waals surface area contributed by atoms with E-state index in [0.29, 0.717) is 30.4 Å². The first-order chi connectivity index (χ1) is 19.7. The van der Waals surface area contributed by atoms with E-state index in [0.717, 1.165) is 0 Å². The van der Waals surface area contributed by atoms with Crippen molar-refractivity contribution < 1.29 is 54.3 Å². The second kappa shape index (κ2) is 18.4. The maximum Gasteiger partial charge on any atom is 0.317 e. The van der Waals surface area contributed by atoms with Gasteiger partial charge in [0, 0.05) is 31.2 Å². The normalized spacial score (nSPS) is 12.7. The Morgan fingerprint density at radius 3 is 1.64 bits per heavy atom. The second-order valence-corrected chi connectivity index (χ2v) is 9.99. The zero-order valence-electron chi connectivity index (χ0n) is 23.8. The van der Waals surface area contributed by atoms with Gasteiger partial charge in [-0.2, -0.15) is 0 Å². The largest absolute Gasteiger partial charge is 0.480 e. The Kier molecular flexibility index (Phi) is 15.7. The van der Waals surface area contributed by atoms with Gasteiger partial charge in [0.1, 0.15) is 0 Å². The van der Waals surface area contributed by atoms with Gasteiger partial charge < -0.3 is 30.8 Å². The summed E-state index contributed by atoms with van der Waals surface area (Å²) in [5.74, 6) is -6.24. The molecule has 0 aromatic heterocycles. The van der Waals surface area contributed by atoms with Gasteiger partial charge in [-0.3, -0.25) is 43.5 Å². The Bertz CT molecular complexity index is 1050. The highest BCUT2D eigenvalue weighted by Crippen LogP contribution is 2.17. The summed E-state index contributed by atoms with van der Waals surface area (Å²) in [6.07, 6.45) is 1.62. The number of carboxylic acid groups (broad SMARTS) is 5. The maximum atomic E-state index is 11.9. The molecule has 6 N–H and O–H groups in total. The van der Waals surface area contributed by atoms with E-state index >= 15 is 0 Å². The molecule has 2 unspecified atom stereocenters. The number of carbonyl (C=O) groups excluding carboxylic acids is 1. The van der Waals surface area contributed by atoms with Crippen molar-refractivity contribution in [3.8, 4) is 0 Å². The molecule has 1 amide bonds. The average molecular weight is 597 g/mol. The first kappa shape index (κ1) is 35.9. The number of hydrogen-bond acceptors (Lipinski definition) is 9. The molecule has 1 aromatic carbocycles. The number of nitrogens with zero attached hydrogens (tertiary/aromatic N) is 3. The minimum Gasteiger partial charge on any atom is -0.480 e. The van der Waals surface area contributed by atoms with E-state index in [9.17, 15) is 44.1 Å². The Labute approximate surface area is 243 Å². The first-order valence-electron chi connectivity index (χ1n) is 13.3. The topological polar surface area (TPSA) is 225 Å². The van der Waals surface area contributed by atoms with Gasteiger partial charge in [0.2, 0.25) is 0 Å². The standard InChI is InChI=1S/C27H40N4O11/c1-18(5-3-4-10-29(13-22(32)33)14-23(34)35)30(15-24(36)37)12-21(31(16-25(38)39)17-26(40)41)11-19-6-8-20(9-7-19)27(42)28-2/h6-9,18,21H,3-5,10-17H2,1-2H3,(H,28,42)(H,32,33)(H,34,35)(H,36,37)(H,38,39)(H,40,41). The summed E-state index contributed by atoms with van der Waals surface area (Å²) in [6.45, 7) is -0.422. The van der Waals surface area contributed by atoms with Crippen LogP contribution in [0.1, 0.15) is 42.1 Å². The van der Waals surface area contributed by atoms with Crippen molar-refractivity contribution >= 4 is 35.8 Å². The van der Waals surface area contributed by atoms with E-state index in [-0.39, 0.29) is 31.5 Å². The molecule has 0 saturated heterocycles. The summed E-state index contributed by atoms with van der Waals surface area (Å²) >= 11 is 0. The van der Waals surface area contributed by atoms with Gasteiger partial charge in [0.05, 0.1) is 32.7 Å². The molecule has 15 nitrogen and oxygen atoms in total. The number of benzene rings is 1. The molecule has 42 heavy (non-hydrogen) atoms. The van der Waals surface area contributed by atoms with Crippen molar-refractivity contribution in [3.63, 3.8) is 0 Å². The lowest BCUT2D eigenvalue weighted by Gasteiger charge is -2.36. The Balaban J connectivity index is 3.12.